The number of nitrogens with zero attached hydrogens (tertiary/aromatic N) is 2. The average molecular weight is 253 g/mol. The fourth-order valence-electron chi connectivity index (χ4n) is 1.80. The summed E-state index contributed by atoms with van der Waals surface area (Å²) in [6.45, 7) is 7.94. The highest BCUT2D eigenvalue weighted by molar-refractivity contribution is 8.00. The van der Waals surface area contributed by atoms with Crippen molar-refractivity contribution in [2.45, 2.75) is 43.6 Å². The normalized spacial score (nSPS) is 23.9. The molecule has 1 aliphatic heterocycles. The predicted octanol–water partition coefficient (Wildman–Crippen LogP) is 2.49. The Labute approximate surface area is 107 Å². The summed E-state index contributed by atoms with van der Waals surface area (Å²) >= 11 is 1.81. The SMILES string of the molecule is CCNc1ncc(C)c(SC2CCOC2C)n1. The summed E-state index contributed by atoms with van der Waals surface area (Å²) < 4.78 is 5.58. The second-order valence-corrected chi connectivity index (χ2v) is 5.46. The monoisotopic (exact) mass is 253 g/mol. The van der Waals surface area contributed by atoms with Gasteiger partial charge >= 0.3 is 0 Å². The van der Waals surface area contributed by atoms with Gasteiger partial charge in [0.2, 0.25) is 5.95 Å². The summed E-state index contributed by atoms with van der Waals surface area (Å²) in [6, 6.07) is 0. The number of rotatable bonds is 4. The maximum Gasteiger partial charge on any atom is 0.223 e. The molecule has 0 spiro atoms. The van der Waals surface area contributed by atoms with Crippen LogP contribution in [0.3, 0.4) is 0 Å². The Hall–Kier alpha value is -0.810. The lowest BCUT2D eigenvalue weighted by molar-refractivity contribution is 0.127. The van der Waals surface area contributed by atoms with E-state index in [9.17, 15) is 0 Å². The molecule has 1 N–H and O–H groups in total. The van der Waals surface area contributed by atoms with Crippen LogP contribution in [-0.2, 0) is 4.74 Å². The quantitative estimate of drug-likeness (QED) is 0.835. The molecule has 2 heterocycles. The fraction of sp³-hybridized carbons (Fsp3) is 0.667. The number of thioether (sulfide) groups is 1. The van der Waals surface area contributed by atoms with Crippen molar-refractivity contribution in [3.8, 4) is 0 Å². The fourth-order valence-corrected chi connectivity index (χ4v) is 2.95. The highest BCUT2D eigenvalue weighted by atomic mass is 32.2. The van der Waals surface area contributed by atoms with Crippen LogP contribution in [0.5, 0.6) is 0 Å². The molecule has 1 fully saturated rings. The third kappa shape index (κ3) is 3.10. The van der Waals surface area contributed by atoms with E-state index in [1.54, 1.807) is 0 Å². The number of anilines is 1. The Morgan fingerprint density at radius 3 is 3.06 bits per heavy atom. The molecule has 1 aromatic heterocycles. The Morgan fingerprint density at radius 2 is 2.41 bits per heavy atom. The molecule has 1 aliphatic rings. The van der Waals surface area contributed by atoms with Gasteiger partial charge in [-0.3, -0.25) is 0 Å². The molecule has 0 aliphatic carbocycles. The van der Waals surface area contributed by atoms with Crippen LogP contribution < -0.4 is 5.32 Å². The van der Waals surface area contributed by atoms with E-state index in [-0.39, 0.29) is 0 Å². The van der Waals surface area contributed by atoms with E-state index in [1.165, 1.54) is 0 Å². The molecule has 2 unspecified atom stereocenters. The minimum Gasteiger partial charge on any atom is -0.377 e. The van der Waals surface area contributed by atoms with Crippen molar-refractivity contribution in [2.24, 2.45) is 0 Å². The van der Waals surface area contributed by atoms with Gasteiger partial charge in [-0.2, -0.15) is 0 Å². The van der Waals surface area contributed by atoms with E-state index in [0.717, 1.165) is 30.2 Å². The van der Waals surface area contributed by atoms with Gasteiger partial charge < -0.3 is 10.1 Å². The van der Waals surface area contributed by atoms with Crippen molar-refractivity contribution in [3.63, 3.8) is 0 Å². The Balaban J connectivity index is 2.10. The van der Waals surface area contributed by atoms with Gasteiger partial charge in [-0.25, -0.2) is 9.97 Å². The maximum atomic E-state index is 5.58. The van der Waals surface area contributed by atoms with Gasteiger partial charge in [-0.15, -0.1) is 0 Å². The lowest BCUT2D eigenvalue weighted by Gasteiger charge is -2.14. The summed E-state index contributed by atoms with van der Waals surface area (Å²) in [7, 11) is 0. The zero-order chi connectivity index (χ0) is 12.3. The van der Waals surface area contributed by atoms with E-state index >= 15 is 0 Å². The first-order chi connectivity index (χ1) is 8.20. The smallest absolute Gasteiger partial charge is 0.223 e. The Morgan fingerprint density at radius 1 is 1.59 bits per heavy atom. The summed E-state index contributed by atoms with van der Waals surface area (Å²) in [5, 5.41) is 4.72. The molecule has 0 aromatic carbocycles. The first kappa shape index (κ1) is 12.6. The molecular weight excluding hydrogens is 234 g/mol. The zero-order valence-electron chi connectivity index (χ0n) is 10.6. The van der Waals surface area contributed by atoms with Gasteiger partial charge in [0, 0.05) is 24.6 Å². The van der Waals surface area contributed by atoms with Crippen LogP contribution in [0.25, 0.3) is 0 Å². The van der Waals surface area contributed by atoms with Crippen LogP contribution in [0.15, 0.2) is 11.2 Å². The van der Waals surface area contributed by atoms with Crippen molar-refractivity contribution >= 4 is 17.7 Å². The van der Waals surface area contributed by atoms with Crippen molar-refractivity contribution in [2.75, 3.05) is 18.5 Å². The van der Waals surface area contributed by atoms with Crippen molar-refractivity contribution < 1.29 is 4.74 Å². The van der Waals surface area contributed by atoms with Gasteiger partial charge in [0.15, 0.2) is 0 Å². The summed E-state index contributed by atoms with van der Waals surface area (Å²) in [4.78, 5) is 8.80. The molecule has 0 bridgehead atoms. The maximum absolute atomic E-state index is 5.58. The van der Waals surface area contributed by atoms with Crippen molar-refractivity contribution in [3.05, 3.63) is 11.8 Å². The van der Waals surface area contributed by atoms with E-state index in [0.29, 0.717) is 17.3 Å². The second-order valence-electron chi connectivity index (χ2n) is 4.23. The third-order valence-electron chi connectivity index (χ3n) is 2.83. The number of aryl methyl sites for hydroxylation is 1. The zero-order valence-corrected chi connectivity index (χ0v) is 11.4. The van der Waals surface area contributed by atoms with E-state index < -0.39 is 0 Å². The predicted molar refractivity (Wildman–Crippen MR) is 70.6 cm³/mol. The number of aromatic nitrogens is 2. The number of hydrogen-bond acceptors (Lipinski definition) is 5. The first-order valence-corrected chi connectivity index (χ1v) is 6.94. The van der Waals surface area contributed by atoms with Gasteiger partial charge in [0.1, 0.15) is 5.03 Å². The largest absolute Gasteiger partial charge is 0.377 e. The molecule has 0 radical (unpaired) electrons. The lowest BCUT2D eigenvalue weighted by Crippen LogP contribution is -2.14. The van der Waals surface area contributed by atoms with Crippen molar-refractivity contribution in [1.29, 1.82) is 0 Å². The van der Waals surface area contributed by atoms with Gasteiger partial charge in [0.05, 0.1) is 6.10 Å². The summed E-state index contributed by atoms with van der Waals surface area (Å²) in [5.74, 6) is 0.715. The minimum absolute atomic E-state index is 0.317. The van der Waals surface area contributed by atoms with E-state index in [1.807, 2.05) is 24.9 Å². The molecule has 4 nitrogen and oxygen atoms in total. The minimum atomic E-state index is 0.317. The van der Waals surface area contributed by atoms with E-state index in [2.05, 4.69) is 29.1 Å². The molecular formula is C12H19N3OS. The highest BCUT2D eigenvalue weighted by Crippen LogP contribution is 2.33. The molecule has 17 heavy (non-hydrogen) atoms. The number of hydrogen-bond donors (Lipinski definition) is 1. The van der Waals surface area contributed by atoms with Crippen LogP contribution in [-0.4, -0.2) is 34.5 Å². The van der Waals surface area contributed by atoms with Crippen LogP contribution in [0.4, 0.5) is 5.95 Å². The van der Waals surface area contributed by atoms with E-state index in [4.69, 9.17) is 4.74 Å². The molecule has 1 aromatic rings. The van der Waals surface area contributed by atoms with Gasteiger partial charge in [-0.05, 0) is 32.8 Å². The third-order valence-corrected chi connectivity index (χ3v) is 4.39. The van der Waals surface area contributed by atoms with Crippen LogP contribution in [0.2, 0.25) is 0 Å². The number of ether oxygens (including phenoxy) is 1. The van der Waals surface area contributed by atoms with Crippen LogP contribution in [0.1, 0.15) is 25.8 Å². The Bertz CT molecular complexity index is 386. The number of nitrogens with one attached hydrogen (secondary N) is 1. The molecule has 2 atom stereocenters. The highest BCUT2D eigenvalue weighted by Gasteiger charge is 2.26. The first-order valence-electron chi connectivity index (χ1n) is 6.06. The molecule has 0 amide bonds. The molecule has 0 saturated carbocycles. The molecule has 2 rings (SSSR count). The average Bonchev–Trinajstić information content (AvgIpc) is 2.70. The van der Waals surface area contributed by atoms with Crippen LogP contribution >= 0.6 is 11.8 Å². The summed E-state index contributed by atoms with van der Waals surface area (Å²) in [6.07, 6.45) is 3.30. The topological polar surface area (TPSA) is 47.0 Å². The standard InChI is InChI=1S/C12H19N3OS/c1-4-13-12-14-7-8(2)11(15-12)17-10-5-6-16-9(10)3/h7,9-10H,4-6H2,1-3H3,(H,13,14,15). The molecule has 1 saturated heterocycles. The van der Waals surface area contributed by atoms with Crippen molar-refractivity contribution in [1.82, 2.24) is 9.97 Å². The van der Waals surface area contributed by atoms with Gasteiger partial charge in [0.25, 0.3) is 0 Å². The molecule has 5 heteroatoms. The van der Waals surface area contributed by atoms with Crippen LogP contribution in [0, 0.1) is 6.92 Å². The molecule has 94 valence electrons. The summed E-state index contributed by atoms with van der Waals surface area (Å²) in [5.41, 5.74) is 1.13. The second kappa shape index (κ2) is 5.69. The Kier molecular flexibility index (Phi) is 4.23. The lowest BCUT2D eigenvalue weighted by atomic mass is 10.3. The van der Waals surface area contributed by atoms with Gasteiger partial charge in [-0.1, -0.05) is 11.8 Å².